The lowest BCUT2D eigenvalue weighted by molar-refractivity contribution is -0.156. The van der Waals surface area contributed by atoms with Crippen molar-refractivity contribution in [2.75, 3.05) is 20.3 Å². The molecule has 0 aliphatic heterocycles. The minimum atomic E-state index is -0.143. The van der Waals surface area contributed by atoms with Crippen LogP contribution in [0.1, 0.15) is 44.1 Å². The third kappa shape index (κ3) is 3.40. The van der Waals surface area contributed by atoms with E-state index in [0.29, 0.717) is 25.6 Å². The first-order valence-electron chi connectivity index (χ1n) is 9.53. The number of carbonyl (C=O) groups excluding carboxylic acids is 1. The Kier molecular flexibility index (Phi) is 4.70. The third-order valence-corrected chi connectivity index (χ3v) is 7.44. The maximum Gasteiger partial charge on any atom is 0.229 e. The molecule has 0 heterocycles. The summed E-state index contributed by atoms with van der Waals surface area (Å²) in [6, 6.07) is 10.3. The van der Waals surface area contributed by atoms with Gasteiger partial charge in [-0.25, -0.2) is 0 Å². The summed E-state index contributed by atoms with van der Waals surface area (Å²) in [5.74, 6) is 1.82. The highest BCUT2D eigenvalue weighted by atomic mass is 79.9. The van der Waals surface area contributed by atoms with E-state index in [1.165, 1.54) is 24.8 Å². The molecule has 1 aromatic rings. The number of nitrogens with zero attached hydrogens (tertiary/aromatic N) is 1. The van der Waals surface area contributed by atoms with Crippen LogP contribution in [0.3, 0.4) is 0 Å². The fourth-order valence-corrected chi connectivity index (χ4v) is 7.45. The molecule has 0 radical (unpaired) electrons. The lowest BCUT2D eigenvalue weighted by atomic mass is 9.49. The molecule has 0 N–H and O–H groups in total. The molecule has 0 saturated heterocycles. The van der Waals surface area contributed by atoms with Crippen LogP contribution in [0.15, 0.2) is 30.3 Å². The Morgan fingerprint density at radius 2 is 1.88 bits per heavy atom. The number of ether oxygens (including phenoxy) is 1. The van der Waals surface area contributed by atoms with E-state index in [4.69, 9.17) is 4.74 Å². The van der Waals surface area contributed by atoms with Gasteiger partial charge in [-0.05, 0) is 55.9 Å². The van der Waals surface area contributed by atoms with Gasteiger partial charge < -0.3 is 9.64 Å². The summed E-state index contributed by atoms with van der Waals surface area (Å²) in [6.45, 7) is 1.97. The number of methoxy groups -OCH3 is 1. The van der Waals surface area contributed by atoms with Crippen molar-refractivity contribution in [2.24, 2.45) is 17.3 Å². The summed E-state index contributed by atoms with van der Waals surface area (Å²) in [5, 5.41) is 0. The van der Waals surface area contributed by atoms with E-state index in [2.05, 4.69) is 33.0 Å². The molecule has 2 atom stereocenters. The lowest BCUT2D eigenvalue weighted by Gasteiger charge is -2.60. The molecule has 4 bridgehead atoms. The van der Waals surface area contributed by atoms with E-state index in [0.717, 1.165) is 31.1 Å². The van der Waals surface area contributed by atoms with Crippen molar-refractivity contribution >= 4 is 21.8 Å². The van der Waals surface area contributed by atoms with Crippen molar-refractivity contribution in [1.29, 1.82) is 0 Å². The van der Waals surface area contributed by atoms with Gasteiger partial charge in [0.2, 0.25) is 5.91 Å². The molecule has 3 nitrogen and oxygen atoms in total. The number of alkyl halides is 1. The van der Waals surface area contributed by atoms with Crippen LogP contribution in [0.25, 0.3) is 0 Å². The molecule has 25 heavy (non-hydrogen) atoms. The van der Waals surface area contributed by atoms with Gasteiger partial charge in [0.25, 0.3) is 0 Å². The van der Waals surface area contributed by atoms with Crippen LogP contribution in [0.2, 0.25) is 0 Å². The highest BCUT2D eigenvalue weighted by Gasteiger charge is 2.60. The molecule has 4 saturated carbocycles. The van der Waals surface area contributed by atoms with E-state index in [9.17, 15) is 4.79 Å². The molecule has 4 aliphatic rings. The molecule has 4 fully saturated rings. The van der Waals surface area contributed by atoms with E-state index in [1.807, 2.05) is 18.2 Å². The average molecular weight is 406 g/mol. The topological polar surface area (TPSA) is 29.5 Å². The predicted molar refractivity (Wildman–Crippen MR) is 103 cm³/mol. The van der Waals surface area contributed by atoms with E-state index >= 15 is 0 Å². The Bertz CT molecular complexity index is 618. The van der Waals surface area contributed by atoms with Crippen molar-refractivity contribution in [1.82, 2.24) is 4.90 Å². The molecule has 136 valence electrons. The average Bonchev–Trinajstić information content (AvgIpc) is 2.56. The van der Waals surface area contributed by atoms with Gasteiger partial charge in [0, 0.05) is 24.5 Å². The van der Waals surface area contributed by atoms with Crippen molar-refractivity contribution in [3.05, 3.63) is 35.9 Å². The molecule has 4 aliphatic carbocycles. The quantitative estimate of drug-likeness (QED) is 0.656. The smallest absolute Gasteiger partial charge is 0.229 e. The second kappa shape index (κ2) is 6.70. The van der Waals surface area contributed by atoms with Crippen LogP contribution < -0.4 is 0 Å². The van der Waals surface area contributed by atoms with Gasteiger partial charge >= 0.3 is 0 Å². The first kappa shape index (κ1) is 17.5. The highest BCUT2D eigenvalue weighted by molar-refractivity contribution is 9.10. The van der Waals surface area contributed by atoms with Crippen LogP contribution in [0.4, 0.5) is 0 Å². The Morgan fingerprint density at radius 3 is 2.48 bits per heavy atom. The number of rotatable bonds is 6. The predicted octanol–water partition coefficient (Wildman–Crippen LogP) is 4.40. The molecular formula is C21H28BrNO2. The van der Waals surface area contributed by atoms with Crippen molar-refractivity contribution in [2.45, 2.75) is 49.4 Å². The first-order valence-corrected chi connectivity index (χ1v) is 10.3. The van der Waals surface area contributed by atoms with Crippen LogP contribution in [0, 0.1) is 17.3 Å². The summed E-state index contributed by atoms with van der Waals surface area (Å²) in [7, 11) is 1.71. The summed E-state index contributed by atoms with van der Waals surface area (Å²) in [4.78, 5) is 15.8. The maximum absolute atomic E-state index is 13.7. The van der Waals surface area contributed by atoms with Gasteiger partial charge in [-0.2, -0.15) is 0 Å². The molecule has 2 unspecified atom stereocenters. The van der Waals surface area contributed by atoms with Crippen LogP contribution in [0.5, 0.6) is 0 Å². The van der Waals surface area contributed by atoms with Crippen molar-refractivity contribution in [3.8, 4) is 0 Å². The van der Waals surface area contributed by atoms with Gasteiger partial charge in [0.15, 0.2) is 0 Å². The third-order valence-electron chi connectivity index (χ3n) is 6.51. The first-order chi connectivity index (χ1) is 12.0. The number of hydrogen-bond donors (Lipinski definition) is 0. The zero-order chi connectivity index (χ0) is 17.5. The second-order valence-corrected chi connectivity index (χ2v) is 10.3. The SMILES string of the molecule is COCCN(Cc1ccccc1)C(=O)C12CC3CC(CC(Br)(C3)C1)C2. The Morgan fingerprint density at radius 1 is 1.20 bits per heavy atom. The molecule has 0 spiro atoms. The van der Waals surface area contributed by atoms with Crippen molar-refractivity contribution < 1.29 is 9.53 Å². The zero-order valence-electron chi connectivity index (χ0n) is 15.0. The summed E-state index contributed by atoms with van der Waals surface area (Å²) in [6.07, 6.45) is 7.05. The van der Waals surface area contributed by atoms with E-state index < -0.39 is 0 Å². The Balaban J connectivity index is 1.57. The summed E-state index contributed by atoms with van der Waals surface area (Å²) in [5.41, 5.74) is 1.06. The Labute approximate surface area is 159 Å². The molecule has 1 aromatic carbocycles. The summed E-state index contributed by atoms with van der Waals surface area (Å²) >= 11 is 4.03. The molecule has 4 heteroatoms. The Hall–Kier alpha value is -0.870. The largest absolute Gasteiger partial charge is 0.383 e. The van der Waals surface area contributed by atoms with Gasteiger partial charge in [0.05, 0.1) is 12.0 Å². The van der Waals surface area contributed by atoms with Crippen molar-refractivity contribution in [3.63, 3.8) is 0 Å². The monoisotopic (exact) mass is 405 g/mol. The zero-order valence-corrected chi connectivity index (χ0v) is 16.6. The van der Waals surface area contributed by atoms with Gasteiger partial charge in [-0.15, -0.1) is 0 Å². The maximum atomic E-state index is 13.7. The van der Waals surface area contributed by atoms with Gasteiger partial charge in [-0.3, -0.25) is 4.79 Å². The molecule has 0 aromatic heterocycles. The number of carbonyl (C=O) groups is 1. The fourth-order valence-electron chi connectivity index (χ4n) is 5.99. The number of amides is 1. The van der Waals surface area contributed by atoms with Gasteiger partial charge in [-0.1, -0.05) is 46.3 Å². The molecular weight excluding hydrogens is 378 g/mol. The minimum absolute atomic E-state index is 0.143. The summed E-state index contributed by atoms with van der Waals surface area (Å²) < 4.78 is 5.51. The van der Waals surface area contributed by atoms with E-state index in [-0.39, 0.29) is 9.74 Å². The van der Waals surface area contributed by atoms with Crippen LogP contribution in [-0.4, -0.2) is 35.4 Å². The number of hydrogen-bond acceptors (Lipinski definition) is 2. The van der Waals surface area contributed by atoms with Gasteiger partial charge in [0.1, 0.15) is 0 Å². The number of benzene rings is 1. The standard InChI is InChI=1S/C21H28BrNO2/c1-25-8-7-23(14-16-5-3-2-4-6-16)19(24)20-10-17-9-18(11-20)13-21(22,12-17)15-20/h2-6,17-18H,7-15H2,1H3. The fraction of sp³-hybridized carbons (Fsp3) is 0.667. The minimum Gasteiger partial charge on any atom is -0.383 e. The second-order valence-electron chi connectivity index (χ2n) is 8.60. The highest BCUT2D eigenvalue weighted by Crippen LogP contribution is 2.64. The van der Waals surface area contributed by atoms with Crippen LogP contribution >= 0.6 is 15.9 Å². The molecule has 5 rings (SSSR count). The lowest BCUT2D eigenvalue weighted by Crippen LogP contribution is -2.59. The van der Waals surface area contributed by atoms with Crippen LogP contribution in [-0.2, 0) is 16.1 Å². The number of halogens is 1. The normalized spacial score (nSPS) is 35.8. The van der Waals surface area contributed by atoms with E-state index in [1.54, 1.807) is 7.11 Å². The molecule has 1 amide bonds.